The number of ether oxygens (including phenoxy) is 1. The van der Waals surface area contributed by atoms with E-state index in [-0.39, 0.29) is 6.54 Å². The van der Waals surface area contributed by atoms with Crippen molar-refractivity contribution in [1.82, 2.24) is 15.2 Å². The van der Waals surface area contributed by atoms with Crippen molar-refractivity contribution in [1.29, 1.82) is 0 Å². The zero-order valence-corrected chi connectivity index (χ0v) is 21.2. The quantitative estimate of drug-likeness (QED) is 0.352. The number of amides is 2. The Morgan fingerprint density at radius 2 is 1.74 bits per heavy atom. The van der Waals surface area contributed by atoms with Gasteiger partial charge in [-0.25, -0.2) is 4.98 Å². The van der Waals surface area contributed by atoms with Crippen molar-refractivity contribution < 1.29 is 34.1 Å². The lowest BCUT2D eigenvalue weighted by molar-refractivity contribution is -0.156. The molecule has 2 saturated heterocycles. The highest BCUT2D eigenvalue weighted by atomic mass is 32.1. The topological polar surface area (TPSA) is 146 Å². The summed E-state index contributed by atoms with van der Waals surface area (Å²) in [4.78, 5) is 57.7. The van der Waals surface area contributed by atoms with E-state index < -0.39 is 53.6 Å². The van der Waals surface area contributed by atoms with Crippen LogP contribution in [0.1, 0.15) is 28.6 Å². The second-order valence-corrected chi connectivity index (χ2v) is 10.3. The van der Waals surface area contributed by atoms with Crippen LogP contribution < -0.4 is 10.1 Å². The van der Waals surface area contributed by atoms with Crippen molar-refractivity contribution in [2.45, 2.75) is 31.3 Å². The van der Waals surface area contributed by atoms with Gasteiger partial charge in [-0.15, -0.1) is 11.3 Å². The first-order valence-corrected chi connectivity index (χ1v) is 12.9. The molecule has 0 radical (unpaired) electrons. The lowest BCUT2D eigenvalue weighted by atomic mass is 9.77. The zero-order chi connectivity index (χ0) is 27.0. The van der Waals surface area contributed by atoms with Crippen LogP contribution in [0.15, 0.2) is 60.1 Å². The molecule has 2 amide bonds. The minimum absolute atomic E-state index is 0.0625. The molecule has 0 aliphatic carbocycles. The summed E-state index contributed by atoms with van der Waals surface area (Å²) in [5, 5.41) is 22.7. The molecule has 1 aromatic heterocycles. The Bertz CT molecular complexity index is 1390. The normalized spacial score (nSPS) is 24.4. The van der Waals surface area contributed by atoms with Gasteiger partial charge in [-0.2, -0.15) is 0 Å². The Balaban J connectivity index is 1.47. The van der Waals surface area contributed by atoms with E-state index in [0.717, 1.165) is 15.5 Å². The fourth-order valence-electron chi connectivity index (χ4n) is 5.39. The van der Waals surface area contributed by atoms with E-state index in [1.165, 1.54) is 11.3 Å². The van der Waals surface area contributed by atoms with Gasteiger partial charge in [0.15, 0.2) is 0 Å². The Hall–Kier alpha value is -4.09. The predicted octanol–water partition coefficient (Wildman–Crippen LogP) is 3.03. The number of imide groups is 1. The number of carbonyl (C=O) groups is 4. The van der Waals surface area contributed by atoms with Gasteiger partial charge in [0.2, 0.25) is 11.8 Å². The van der Waals surface area contributed by atoms with Crippen LogP contribution >= 0.6 is 11.3 Å². The van der Waals surface area contributed by atoms with E-state index in [2.05, 4.69) is 10.3 Å². The van der Waals surface area contributed by atoms with Gasteiger partial charge in [0.1, 0.15) is 17.0 Å². The van der Waals surface area contributed by atoms with Crippen molar-refractivity contribution in [2.24, 2.45) is 11.8 Å². The van der Waals surface area contributed by atoms with Crippen LogP contribution in [-0.2, 0) is 25.6 Å². The van der Waals surface area contributed by atoms with E-state index in [1.54, 1.807) is 41.9 Å². The number of nitrogens with one attached hydrogen (secondary N) is 1. The van der Waals surface area contributed by atoms with Gasteiger partial charge in [0.05, 0.1) is 29.5 Å². The number of rotatable bonds is 9. The Morgan fingerprint density at radius 1 is 1.05 bits per heavy atom. The van der Waals surface area contributed by atoms with Gasteiger partial charge in [-0.3, -0.25) is 29.4 Å². The number of carboxylic acid groups (broad SMARTS) is 2. The summed E-state index contributed by atoms with van der Waals surface area (Å²) in [7, 11) is 0. The number of benzene rings is 2. The fraction of sp³-hybridized carbons (Fsp3) is 0.296. The molecule has 2 aliphatic rings. The van der Waals surface area contributed by atoms with Gasteiger partial charge >= 0.3 is 11.9 Å². The molecule has 4 atom stereocenters. The zero-order valence-electron chi connectivity index (χ0n) is 20.4. The van der Waals surface area contributed by atoms with Gasteiger partial charge in [0, 0.05) is 23.9 Å². The maximum absolute atomic E-state index is 13.6. The van der Waals surface area contributed by atoms with Crippen molar-refractivity contribution in [3.63, 3.8) is 0 Å². The summed E-state index contributed by atoms with van der Waals surface area (Å²) in [5.41, 5.74) is 0.899. The summed E-state index contributed by atoms with van der Waals surface area (Å²) in [6, 6.07) is 15.0. The molecule has 2 aromatic carbocycles. The molecule has 0 saturated carbocycles. The summed E-state index contributed by atoms with van der Waals surface area (Å²) < 4.78 is 5.82. The number of hydrogen-bond donors (Lipinski definition) is 3. The average molecular weight is 536 g/mol. The van der Waals surface area contributed by atoms with E-state index in [9.17, 15) is 29.4 Å². The van der Waals surface area contributed by atoms with Crippen LogP contribution in [0, 0.1) is 18.8 Å². The number of aromatic nitrogens is 1. The fourth-order valence-corrected chi connectivity index (χ4v) is 6.16. The molecule has 196 valence electrons. The number of likely N-dealkylation sites (tertiary alicyclic amines) is 1. The molecule has 5 rings (SSSR count). The molecule has 2 fully saturated rings. The highest BCUT2D eigenvalue weighted by molar-refractivity contribution is 7.09. The molecule has 3 N–H and O–H groups in total. The van der Waals surface area contributed by atoms with Crippen LogP contribution in [0.5, 0.6) is 11.5 Å². The van der Waals surface area contributed by atoms with E-state index in [0.29, 0.717) is 23.5 Å². The number of hydrogen-bond acceptors (Lipinski definition) is 8. The highest BCUT2D eigenvalue weighted by Crippen LogP contribution is 2.50. The Morgan fingerprint density at radius 3 is 2.34 bits per heavy atom. The van der Waals surface area contributed by atoms with Crippen LogP contribution in [0.25, 0.3) is 0 Å². The molecule has 11 heteroatoms. The number of carboxylic acids is 2. The molecule has 10 nitrogen and oxygen atoms in total. The molecule has 2 aliphatic heterocycles. The minimum Gasteiger partial charge on any atom is -0.481 e. The summed E-state index contributed by atoms with van der Waals surface area (Å²) in [6.07, 6.45) is -0.466. The highest BCUT2D eigenvalue weighted by Gasteiger charge is 2.69. The third kappa shape index (κ3) is 4.44. The van der Waals surface area contributed by atoms with Gasteiger partial charge in [0.25, 0.3) is 0 Å². The number of para-hydroxylation sites is 1. The molecular weight excluding hydrogens is 510 g/mol. The lowest BCUT2D eigenvalue weighted by Crippen LogP contribution is -2.57. The first-order valence-electron chi connectivity index (χ1n) is 12.0. The van der Waals surface area contributed by atoms with E-state index in [1.807, 2.05) is 25.1 Å². The lowest BCUT2D eigenvalue weighted by Gasteiger charge is -2.29. The smallest absolute Gasteiger partial charge is 0.325 e. The Kier molecular flexibility index (Phi) is 6.72. The third-order valence-corrected chi connectivity index (χ3v) is 8.18. The molecule has 0 bridgehead atoms. The molecule has 0 spiro atoms. The van der Waals surface area contributed by atoms with Gasteiger partial charge in [-0.05, 0) is 36.8 Å². The molecule has 3 aromatic rings. The number of nitrogens with zero attached hydrogens (tertiary/aromatic N) is 2. The van der Waals surface area contributed by atoms with Crippen LogP contribution in [0.3, 0.4) is 0 Å². The van der Waals surface area contributed by atoms with Crippen LogP contribution in [0.2, 0.25) is 0 Å². The van der Waals surface area contributed by atoms with E-state index >= 15 is 0 Å². The maximum atomic E-state index is 13.6. The van der Waals surface area contributed by atoms with Crippen LogP contribution in [-0.4, -0.2) is 55.9 Å². The first kappa shape index (κ1) is 25.6. The first-order chi connectivity index (χ1) is 18.2. The van der Waals surface area contributed by atoms with Gasteiger partial charge < -0.3 is 14.9 Å². The molecule has 4 unspecified atom stereocenters. The standard InChI is InChI=1S/C27H25N3O7S/c1-15-19(38-14-28-15)11-12-30-24(33)21-22(25(30)34)27(26(35)36,13-20(31)32)29-23(21)16-7-9-18(10-8-16)37-17-5-3-2-4-6-17/h2-10,14,21-23,29H,11-13H2,1H3,(H,31,32)(H,35,36). The Labute approximate surface area is 221 Å². The molecule has 38 heavy (non-hydrogen) atoms. The summed E-state index contributed by atoms with van der Waals surface area (Å²) >= 11 is 1.41. The molecule has 3 heterocycles. The number of thiazole rings is 1. The number of fused-ring (bicyclic) bond motifs is 1. The summed E-state index contributed by atoms with van der Waals surface area (Å²) in [5.74, 6) is -5.33. The second-order valence-electron chi connectivity index (χ2n) is 9.40. The third-order valence-electron chi connectivity index (χ3n) is 7.18. The van der Waals surface area contributed by atoms with Crippen molar-refractivity contribution >= 4 is 35.1 Å². The SMILES string of the molecule is Cc1ncsc1CCN1C(=O)C2C(c3ccc(Oc4ccccc4)cc3)NC(CC(=O)O)(C(=O)O)C2C1=O. The monoisotopic (exact) mass is 535 g/mol. The van der Waals surface area contributed by atoms with Crippen molar-refractivity contribution in [3.8, 4) is 11.5 Å². The number of aliphatic carboxylic acids is 2. The summed E-state index contributed by atoms with van der Waals surface area (Å²) in [6.45, 7) is 1.90. The number of carbonyl (C=O) groups excluding carboxylic acids is 2. The molecular formula is C27H25N3O7S. The maximum Gasteiger partial charge on any atom is 0.325 e. The largest absolute Gasteiger partial charge is 0.481 e. The second kappa shape index (κ2) is 9.99. The van der Waals surface area contributed by atoms with E-state index in [4.69, 9.17) is 4.74 Å². The van der Waals surface area contributed by atoms with Crippen molar-refractivity contribution in [3.05, 3.63) is 76.2 Å². The predicted molar refractivity (Wildman–Crippen MR) is 136 cm³/mol. The number of aryl methyl sites for hydroxylation is 1. The van der Waals surface area contributed by atoms with Gasteiger partial charge in [-0.1, -0.05) is 30.3 Å². The van der Waals surface area contributed by atoms with Crippen LogP contribution in [0.4, 0.5) is 0 Å². The van der Waals surface area contributed by atoms with Crippen molar-refractivity contribution in [2.75, 3.05) is 6.54 Å². The average Bonchev–Trinajstić information content (AvgIpc) is 3.53. The minimum atomic E-state index is -2.14.